The van der Waals surface area contributed by atoms with Crippen molar-refractivity contribution in [3.05, 3.63) is 53.6 Å². The van der Waals surface area contributed by atoms with Crippen LogP contribution in [0.1, 0.15) is 31.4 Å². The smallest absolute Gasteiger partial charge is 0.226 e. The molecule has 0 aromatic heterocycles. The van der Waals surface area contributed by atoms with Gasteiger partial charge in [-0.1, -0.05) is 12.1 Å². The van der Waals surface area contributed by atoms with Crippen LogP contribution in [0.25, 0.3) is 0 Å². The standard InChI is InChI=1S/C21H29N3O/c1-5-24(6-2)19-12-10-18(11-13-19)22-15-14-21(25)23-20-9-7-8-16(3)17(20)4/h7-13,22H,5-6,14-15H2,1-4H3,(H,23,25). The van der Waals surface area contributed by atoms with Crippen LogP contribution in [0.5, 0.6) is 0 Å². The molecule has 0 bridgehead atoms. The average molecular weight is 339 g/mol. The summed E-state index contributed by atoms with van der Waals surface area (Å²) in [6.07, 6.45) is 0.436. The molecular formula is C21H29N3O. The van der Waals surface area contributed by atoms with E-state index in [-0.39, 0.29) is 5.91 Å². The summed E-state index contributed by atoms with van der Waals surface area (Å²) in [6, 6.07) is 14.3. The maximum atomic E-state index is 12.1. The number of hydrogen-bond acceptors (Lipinski definition) is 3. The highest BCUT2D eigenvalue weighted by atomic mass is 16.1. The van der Waals surface area contributed by atoms with Crippen molar-refractivity contribution in [1.29, 1.82) is 0 Å². The fourth-order valence-corrected chi connectivity index (χ4v) is 2.80. The van der Waals surface area contributed by atoms with Crippen molar-refractivity contribution < 1.29 is 4.79 Å². The zero-order chi connectivity index (χ0) is 18.2. The van der Waals surface area contributed by atoms with E-state index in [1.54, 1.807) is 0 Å². The summed E-state index contributed by atoms with van der Waals surface area (Å²) in [5.41, 5.74) is 5.47. The van der Waals surface area contributed by atoms with Gasteiger partial charge in [-0.3, -0.25) is 4.79 Å². The summed E-state index contributed by atoms with van der Waals surface area (Å²) in [7, 11) is 0. The molecule has 0 saturated heterocycles. The molecule has 0 spiro atoms. The van der Waals surface area contributed by atoms with E-state index in [0.29, 0.717) is 13.0 Å². The van der Waals surface area contributed by atoms with Gasteiger partial charge < -0.3 is 15.5 Å². The SMILES string of the molecule is CCN(CC)c1ccc(NCCC(=O)Nc2cccc(C)c2C)cc1. The number of rotatable bonds is 8. The van der Waals surface area contributed by atoms with Crippen LogP contribution in [0.2, 0.25) is 0 Å². The van der Waals surface area contributed by atoms with Gasteiger partial charge in [0.25, 0.3) is 0 Å². The van der Waals surface area contributed by atoms with Crippen LogP contribution in [-0.4, -0.2) is 25.5 Å². The number of anilines is 3. The van der Waals surface area contributed by atoms with E-state index in [0.717, 1.165) is 30.0 Å². The van der Waals surface area contributed by atoms with E-state index in [4.69, 9.17) is 0 Å². The summed E-state index contributed by atoms with van der Waals surface area (Å²) in [6.45, 7) is 11.0. The Morgan fingerprint density at radius 3 is 2.32 bits per heavy atom. The van der Waals surface area contributed by atoms with Crippen molar-refractivity contribution in [2.24, 2.45) is 0 Å². The van der Waals surface area contributed by atoms with E-state index >= 15 is 0 Å². The molecule has 25 heavy (non-hydrogen) atoms. The van der Waals surface area contributed by atoms with Crippen molar-refractivity contribution >= 4 is 23.0 Å². The topological polar surface area (TPSA) is 44.4 Å². The lowest BCUT2D eigenvalue weighted by molar-refractivity contribution is -0.115. The molecular weight excluding hydrogens is 310 g/mol. The van der Waals surface area contributed by atoms with Gasteiger partial charge in [0.1, 0.15) is 0 Å². The van der Waals surface area contributed by atoms with E-state index < -0.39 is 0 Å². The second-order valence-corrected chi connectivity index (χ2v) is 6.19. The number of benzene rings is 2. The normalized spacial score (nSPS) is 10.4. The zero-order valence-corrected chi connectivity index (χ0v) is 15.7. The molecule has 2 rings (SSSR count). The van der Waals surface area contributed by atoms with Crippen molar-refractivity contribution in [1.82, 2.24) is 0 Å². The number of nitrogens with one attached hydrogen (secondary N) is 2. The highest BCUT2D eigenvalue weighted by Gasteiger charge is 2.06. The monoisotopic (exact) mass is 339 g/mol. The van der Waals surface area contributed by atoms with Gasteiger partial charge >= 0.3 is 0 Å². The Balaban J connectivity index is 1.82. The summed E-state index contributed by atoms with van der Waals surface area (Å²) >= 11 is 0. The zero-order valence-electron chi connectivity index (χ0n) is 15.7. The minimum Gasteiger partial charge on any atom is -0.385 e. The molecule has 0 fully saturated rings. The highest BCUT2D eigenvalue weighted by Crippen LogP contribution is 2.19. The van der Waals surface area contributed by atoms with Crippen molar-refractivity contribution in [3.8, 4) is 0 Å². The van der Waals surface area contributed by atoms with E-state index in [1.807, 2.05) is 19.1 Å². The molecule has 0 saturated carbocycles. The fraction of sp³-hybridized carbons (Fsp3) is 0.381. The van der Waals surface area contributed by atoms with Gasteiger partial charge in [-0.25, -0.2) is 0 Å². The Morgan fingerprint density at radius 2 is 1.68 bits per heavy atom. The van der Waals surface area contributed by atoms with Crippen molar-refractivity contribution in [2.75, 3.05) is 35.2 Å². The third-order valence-electron chi connectivity index (χ3n) is 4.56. The predicted molar refractivity (Wildman–Crippen MR) is 108 cm³/mol. The van der Waals surface area contributed by atoms with Crippen molar-refractivity contribution in [3.63, 3.8) is 0 Å². The van der Waals surface area contributed by atoms with Crippen LogP contribution in [0.3, 0.4) is 0 Å². The second-order valence-electron chi connectivity index (χ2n) is 6.19. The van der Waals surface area contributed by atoms with Gasteiger partial charge in [0.15, 0.2) is 0 Å². The lowest BCUT2D eigenvalue weighted by atomic mass is 10.1. The average Bonchev–Trinajstić information content (AvgIpc) is 2.61. The first kappa shape index (κ1) is 18.8. The molecule has 4 heteroatoms. The number of carbonyl (C=O) groups is 1. The minimum absolute atomic E-state index is 0.0287. The van der Waals surface area contributed by atoms with Crippen LogP contribution in [0.4, 0.5) is 17.1 Å². The third-order valence-corrected chi connectivity index (χ3v) is 4.56. The van der Waals surface area contributed by atoms with Crippen LogP contribution < -0.4 is 15.5 Å². The van der Waals surface area contributed by atoms with Gasteiger partial charge in [0, 0.05) is 43.1 Å². The summed E-state index contributed by atoms with van der Waals surface area (Å²) in [4.78, 5) is 14.4. The summed E-state index contributed by atoms with van der Waals surface area (Å²) in [5, 5.41) is 6.30. The molecule has 4 nitrogen and oxygen atoms in total. The van der Waals surface area contributed by atoms with Gasteiger partial charge in [-0.15, -0.1) is 0 Å². The van der Waals surface area contributed by atoms with E-state index in [1.165, 1.54) is 11.3 Å². The molecule has 0 heterocycles. The minimum atomic E-state index is 0.0287. The van der Waals surface area contributed by atoms with Crippen LogP contribution >= 0.6 is 0 Å². The number of hydrogen-bond donors (Lipinski definition) is 2. The quantitative estimate of drug-likeness (QED) is 0.739. The maximum absolute atomic E-state index is 12.1. The Bertz CT molecular complexity index is 691. The Kier molecular flexibility index (Phi) is 6.87. The highest BCUT2D eigenvalue weighted by molar-refractivity contribution is 5.91. The van der Waals surface area contributed by atoms with Crippen LogP contribution in [0, 0.1) is 13.8 Å². The van der Waals surface area contributed by atoms with E-state index in [9.17, 15) is 4.79 Å². The molecule has 1 amide bonds. The first-order valence-electron chi connectivity index (χ1n) is 9.00. The first-order chi connectivity index (χ1) is 12.0. The molecule has 0 atom stereocenters. The van der Waals surface area contributed by atoms with Gasteiger partial charge in [-0.05, 0) is 69.2 Å². The molecule has 0 radical (unpaired) electrons. The molecule has 0 aliphatic carbocycles. The second kappa shape index (κ2) is 9.11. The number of nitrogens with zero attached hydrogens (tertiary/aromatic N) is 1. The summed E-state index contributed by atoms with van der Waals surface area (Å²) in [5.74, 6) is 0.0287. The Morgan fingerprint density at radius 1 is 1.00 bits per heavy atom. The molecule has 2 aromatic carbocycles. The lowest BCUT2D eigenvalue weighted by Gasteiger charge is -2.21. The largest absolute Gasteiger partial charge is 0.385 e. The molecule has 2 aromatic rings. The molecule has 0 unspecified atom stereocenters. The Labute approximate surface area is 151 Å². The van der Waals surface area contributed by atoms with Crippen LogP contribution in [-0.2, 0) is 4.79 Å². The van der Waals surface area contributed by atoms with Gasteiger partial charge in [0.05, 0.1) is 0 Å². The fourth-order valence-electron chi connectivity index (χ4n) is 2.80. The molecule has 0 aliphatic heterocycles. The predicted octanol–water partition coefficient (Wildman–Crippen LogP) is 4.59. The van der Waals surface area contributed by atoms with Gasteiger partial charge in [-0.2, -0.15) is 0 Å². The van der Waals surface area contributed by atoms with E-state index in [2.05, 4.69) is 66.6 Å². The number of aryl methyl sites for hydroxylation is 1. The number of carbonyl (C=O) groups excluding carboxylic acids is 1. The lowest BCUT2D eigenvalue weighted by Crippen LogP contribution is -2.21. The first-order valence-corrected chi connectivity index (χ1v) is 9.00. The molecule has 0 aliphatic rings. The summed E-state index contributed by atoms with van der Waals surface area (Å²) < 4.78 is 0. The maximum Gasteiger partial charge on any atom is 0.226 e. The number of amides is 1. The van der Waals surface area contributed by atoms with Gasteiger partial charge in [0.2, 0.25) is 5.91 Å². The Hall–Kier alpha value is -2.49. The third kappa shape index (κ3) is 5.24. The molecule has 134 valence electrons. The molecule has 2 N–H and O–H groups in total. The van der Waals surface area contributed by atoms with Crippen molar-refractivity contribution in [2.45, 2.75) is 34.1 Å². The van der Waals surface area contributed by atoms with Crippen LogP contribution in [0.15, 0.2) is 42.5 Å².